The van der Waals surface area contributed by atoms with Gasteiger partial charge in [0.25, 0.3) is 0 Å². The number of rotatable bonds is 4. The van der Waals surface area contributed by atoms with Crippen molar-refractivity contribution in [1.82, 2.24) is 19.9 Å². The molecule has 124 valence electrons. The Morgan fingerprint density at radius 2 is 2.04 bits per heavy atom. The summed E-state index contributed by atoms with van der Waals surface area (Å²) in [5.41, 5.74) is 1.81. The third-order valence-electron chi connectivity index (χ3n) is 4.59. The van der Waals surface area contributed by atoms with E-state index in [1.54, 1.807) is 6.26 Å². The summed E-state index contributed by atoms with van der Waals surface area (Å²) >= 11 is 0. The van der Waals surface area contributed by atoms with Gasteiger partial charge in [-0.1, -0.05) is 0 Å². The van der Waals surface area contributed by atoms with Gasteiger partial charge >= 0.3 is 0 Å². The minimum Gasteiger partial charge on any atom is -0.449 e. The lowest BCUT2D eigenvalue weighted by Gasteiger charge is -2.34. The summed E-state index contributed by atoms with van der Waals surface area (Å²) in [7, 11) is 4.02. The Morgan fingerprint density at radius 3 is 2.70 bits per heavy atom. The second-order valence-electron chi connectivity index (χ2n) is 6.74. The number of aryl methyl sites for hydroxylation is 2. The van der Waals surface area contributed by atoms with Gasteiger partial charge in [-0.05, 0) is 33.2 Å². The summed E-state index contributed by atoms with van der Waals surface area (Å²) in [5, 5.41) is 0. The Hall–Kier alpha value is -1.95. The maximum atomic E-state index is 5.34. The second-order valence-corrected chi connectivity index (χ2v) is 6.74. The molecule has 1 atom stereocenters. The van der Waals surface area contributed by atoms with E-state index in [2.05, 4.69) is 16.8 Å². The maximum Gasteiger partial charge on any atom is 0.191 e. The molecule has 6 nitrogen and oxygen atoms in total. The minimum absolute atomic E-state index is 0.163. The lowest BCUT2D eigenvalue weighted by molar-refractivity contribution is 0.136. The number of hydrogen-bond acceptors (Lipinski definition) is 6. The predicted octanol–water partition coefficient (Wildman–Crippen LogP) is 2.66. The summed E-state index contributed by atoms with van der Waals surface area (Å²) in [6, 6.07) is 2.02. The van der Waals surface area contributed by atoms with Crippen molar-refractivity contribution in [2.24, 2.45) is 0 Å². The SMILES string of the molecule is Cc1cc(N(C)C)nc([C@]2(C)CCCN2Cc2coc(C)n2)n1. The third-order valence-corrected chi connectivity index (χ3v) is 4.59. The van der Waals surface area contributed by atoms with Crippen LogP contribution in [-0.2, 0) is 12.1 Å². The van der Waals surface area contributed by atoms with Crippen LogP contribution in [0.3, 0.4) is 0 Å². The molecule has 1 aliphatic rings. The van der Waals surface area contributed by atoms with Crippen molar-refractivity contribution in [3.05, 3.63) is 35.4 Å². The van der Waals surface area contributed by atoms with Gasteiger partial charge in [0, 0.05) is 39.3 Å². The molecule has 0 N–H and O–H groups in total. The van der Waals surface area contributed by atoms with Crippen LogP contribution in [0.1, 0.15) is 42.9 Å². The van der Waals surface area contributed by atoms with Gasteiger partial charge in [0.05, 0.1) is 11.2 Å². The van der Waals surface area contributed by atoms with Crippen molar-refractivity contribution in [2.75, 3.05) is 25.5 Å². The molecule has 23 heavy (non-hydrogen) atoms. The molecule has 1 fully saturated rings. The molecule has 0 bridgehead atoms. The normalized spacial score (nSPS) is 21.8. The Bertz CT molecular complexity index is 696. The highest BCUT2D eigenvalue weighted by Gasteiger charge is 2.41. The van der Waals surface area contributed by atoms with E-state index in [1.165, 1.54) is 0 Å². The highest BCUT2D eigenvalue weighted by molar-refractivity contribution is 5.38. The lowest BCUT2D eigenvalue weighted by atomic mass is 9.97. The molecule has 0 amide bonds. The number of oxazole rings is 1. The molecule has 0 saturated carbocycles. The molecule has 3 heterocycles. The zero-order valence-corrected chi connectivity index (χ0v) is 14.6. The zero-order valence-electron chi connectivity index (χ0n) is 14.6. The summed E-state index contributed by atoms with van der Waals surface area (Å²) in [6.45, 7) is 7.93. The van der Waals surface area contributed by atoms with Crippen molar-refractivity contribution < 1.29 is 4.42 Å². The molecule has 0 aliphatic carbocycles. The first-order valence-electron chi connectivity index (χ1n) is 8.08. The van der Waals surface area contributed by atoms with Crippen LogP contribution in [0.5, 0.6) is 0 Å². The fraction of sp³-hybridized carbons (Fsp3) is 0.588. The van der Waals surface area contributed by atoms with Crippen LogP contribution in [0.2, 0.25) is 0 Å². The fourth-order valence-corrected chi connectivity index (χ4v) is 3.22. The highest BCUT2D eigenvalue weighted by Crippen LogP contribution is 2.38. The molecular weight excluding hydrogens is 290 g/mol. The monoisotopic (exact) mass is 315 g/mol. The lowest BCUT2D eigenvalue weighted by Crippen LogP contribution is -2.40. The molecule has 1 saturated heterocycles. The number of likely N-dealkylation sites (tertiary alicyclic amines) is 1. The van der Waals surface area contributed by atoms with Crippen molar-refractivity contribution >= 4 is 5.82 Å². The van der Waals surface area contributed by atoms with E-state index in [0.29, 0.717) is 5.89 Å². The molecule has 0 spiro atoms. The first-order chi connectivity index (χ1) is 10.9. The Kier molecular flexibility index (Phi) is 4.10. The molecular formula is C17H25N5O. The van der Waals surface area contributed by atoms with E-state index >= 15 is 0 Å². The molecule has 2 aromatic rings. The first-order valence-corrected chi connectivity index (χ1v) is 8.08. The van der Waals surface area contributed by atoms with Gasteiger partial charge in [-0.25, -0.2) is 15.0 Å². The Labute approximate surface area is 137 Å². The van der Waals surface area contributed by atoms with Crippen molar-refractivity contribution in [2.45, 2.75) is 45.7 Å². The van der Waals surface area contributed by atoms with Crippen LogP contribution < -0.4 is 4.90 Å². The molecule has 2 aromatic heterocycles. The zero-order chi connectivity index (χ0) is 16.6. The topological polar surface area (TPSA) is 58.3 Å². The van der Waals surface area contributed by atoms with Crippen LogP contribution in [0.15, 0.2) is 16.7 Å². The fourth-order valence-electron chi connectivity index (χ4n) is 3.22. The third kappa shape index (κ3) is 3.08. The molecule has 0 radical (unpaired) electrons. The van der Waals surface area contributed by atoms with E-state index in [0.717, 1.165) is 49.0 Å². The van der Waals surface area contributed by atoms with E-state index in [4.69, 9.17) is 14.4 Å². The summed E-state index contributed by atoms with van der Waals surface area (Å²) in [4.78, 5) is 18.4. The summed E-state index contributed by atoms with van der Waals surface area (Å²) in [5.74, 6) is 2.57. The van der Waals surface area contributed by atoms with E-state index < -0.39 is 0 Å². The van der Waals surface area contributed by atoms with E-state index in [1.807, 2.05) is 38.9 Å². The number of hydrogen-bond donors (Lipinski definition) is 0. The number of anilines is 1. The first kappa shape index (κ1) is 15.9. The average Bonchev–Trinajstić information content (AvgIpc) is 3.06. The summed E-state index contributed by atoms with van der Waals surface area (Å²) in [6.07, 6.45) is 3.94. The molecule has 1 aliphatic heterocycles. The van der Waals surface area contributed by atoms with Crippen molar-refractivity contribution in [1.29, 1.82) is 0 Å². The molecule has 0 unspecified atom stereocenters. The molecule has 3 rings (SSSR count). The maximum absolute atomic E-state index is 5.34. The Balaban J connectivity index is 1.92. The van der Waals surface area contributed by atoms with Gasteiger partial charge in [-0.15, -0.1) is 0 Å². The highest BCUT2D eigenvalue weighted by atomic mass is 16.3. The molecule has 6 heteroatoms. The van der Waals surface area contributed by atoms with Gasteiger partial charge < -0.3 is 9.32 Å². The van der Waals surface area contributed by atoms with Crippen molar-refractivity contribution in [3.8, 4) is 0 Å². The Morgan fingerprint density at radius 1 is 1.26 bits per heavy atom. The largest absolute Gasteiger partial charge is 0.449 e. The minimum atomic E-state index is -0.163. The van der Waals surface area contributed by atoms with Crippen LogP contribution in [0, 0.1) is 13.8 Å². The van der Waals surface area contributed by atoms with Gasteiger partial charge in [0.1, 0.15) is 12.1 Å². The summed E-state index contributed by atoms with van der Waals surface area (Å²) < 4.78 is 5.34. The van der Waals surface area contributed by atoms with E-state index in [-0.39, 0.29) is 5.54 Å². The predicted molar refractivity (Wildman–Crippen MR) is 89.3 cm³/mol. The van der Waals surface area contributed by atoms with E-state index in [9.17, 15) is 0 Å². The average molecular weight is 315 g/mol. The van der Waals surface area contributed by atoms with Gasteiger partial charge in [-0.2, -0.15) is 0 Å². The quantitative estimate of drug-likeness (QED) is 0.864. The van der Waals surface area contributed by atoms with Crippen LogP contribution >= 0.6 is 0 Å². The van der Waals surface area contributed by atoms with Crippen LogP contribution in [0.25, 0.3) is 0 Å². The van der Waals surface area contributed by atoms with Gasteiger partial charge in [0.15, 0.2) is 11.7 Å². The van der Waals surface area contributed by atoms with Crippen LogP contribution in [0.4, 0.5) is 5.82 Å². The number of nitrogens with zero attached hydrogens (tertiary/aromatic N) is 5. The molecule has 0 aromatic carbocycles. The number of aromatic nitrogens is 3. The standard InChI is InChI=1S/C17H25N5O/c1-12-9-15(21(4)5)20-16(18-12)17(3)7-6-8-22(17)10-14-11-23-13(2)19-14/h9,11H,6-8,10H2,1-5H3/t17-/m0/s1. The van der Waals surface area contributed by atoms with Crippen molar-refractivity contribution in [3.63, 3.8) is 0 Å². The van der Waals surface area contributed by atoms with Gasteiger partial charge in [0.2, 0.25) is 0 Å². The second kappa shape index (κ2) is 5.92. The van der Waals surface area contributed by atoms with Crippen LogP contribution in [-0.4, -0.2) is 40.5 Å². The van der Waals surface area contributed by atoms with Gasteiger partial charge in [-0.3, -0.25) is 4.90 Å². The smallest absolute Gasteiger partial charge is 0.191 e.